The smallest absolute Gasteiger partial charge is 0.0972 e. The standard InChI is InChI=1S/C5H14Cl4Si3/c6-4(7,11)1-3(10)2-5(8,9)12/h3H,1-2H2,10-12H3. The van der Waals surface area contributed by atoms with Gasteiger partial charge in [0.25, 0.3) is 0 Å². The third-order valence-electron chi connectivity index (χ3n) is 1.41. The van der Waals surface area contributed by atoms with Gasteiger partial charge in [-0.05, 0) is 18.4 Å². The van der Waals surface area contributed by atoms with Crippen molar-refractivity contribution in [3.05, 3.63) is 0 Å². The first kappa shape index (κ1) is 13.8. The average Bonchev–Trinajstić information content (AvgIpc) is 1.49. The van der Waals surface area contributed by atoms with Crippen LogP contribution in [-0.4, -0.2) is 38.6 Å². The van der Waals surface area contributed by atoms with E-state index in [4.69, 9.17) is 46.4 Å². The summed E-state index contributed by atoms with van der Waals surface area (Å²) in [5, 5.41) is 0. The minimum Gasteiger partial charge on any atom is -0.107 e. The highest BCUT2D eigenvalue weighted by atomic mass is 35.5. The molecule has 0 aliphatic heterocycles. The van der Waals surface area contributed by atoms with Gasteiger partial charge in [0.1, 0.15) is 0 Å². The molecule has 0 amide bonds. The van der Waals surface area contributed by atoms with Crippen LogP contribution >= 0.6 is 46.4 Å². The lowest BCUT2D eigenvalue weighted by Gasteiger charge is -2.23. The second kappa shape index (κ2) is 5.05. The van der Waals surface area contributed by atoms with Crippen LogP contribution in [0.4, 0.5) is 0 Å². The number of rotatable bonds is 4. The molecule has 0 saturated carbocycles. The normalized spacial score (nSPS) is 17.0. The molecule has 0 heterocycles. The molecule has 12 heavy (non-hydrogen) atoms. The highest BCUT2D eigenvalue weighted by Gasteiger charge is 2.25. The van der Waals surface area contributed by atoms with Crippen molar-refractivity contribution in [1.82, 2.24) is 0 Å². The Bertz CT molecular complexity index is 123. The van der Waals surface area contributed by atoms with Crippen LogP contribution in [0, 0.1) is 0 Å². The minimum absolute atomic E-state index is 0.493. The Morgan fingerprint density at radius 1 is 0.917 bits per heavy atom. The first-order valence-corrected chi connectivity index (χ1v) is 8.52. The van der Waals surface area contributed by atoms with Crippen LogP contribution in [0.1, 0.15) is 12.8 Å². The third kappa shape index (κ3) is 9.90. The van der Waals surface area contributed by atoms with Crippen molar-refractivity contribution < 1.29 is 0 Å². The van der Waals surface area contributed by atoms with Gasteiger partial charge in [-0.1, -0.05) is 0 Å². The van der Waals surface area contributed by atoms with Gasteiger partial charge in [0, 0.05) is 30.7 Å². The maximum Gasteiger partial charge on any atom is 0.0972 e. The summed E-state index contributed by atoms with van der Waals surface area (Å²) in [5.41, 5.74) is 0.532. The lowest BCUT2D eigenvalue weighted by molar-refractivity contribution is 0.700. The zero-order chi connectivity index (χ0) is 9.99. The van der Waals surface area contributed by atoms with Crippen molar-refractivity contribution in [3.8, 4) is 0 Å². The molecule has 0 unspecified atom stereocenters. The van der Waals surface area contributed by atoms with Gasteiger partial charge in [-0.3, -0.25) is 0 Å². The van der Waals surface area contributed by atoms with Crippen molar-refractivity contribution in [1.29, 1.82) is 0 Å². The summed E-state index contributed by atoms with van der Waals surface area (Å²) in [6.45, 7) is 0. The first-order valence-electron chi connectivity index (χ1n) is 3.86. The van der Waals surface area contributed by atoms with E-state index in [1.165, 1.54) is 0 Å². The average molecular weight is 300 g/mol. The molecule has 0 radical (unpaired) electrons. The Morgan fingerprint density at radius 2 is 1.17 bits per heavy atom. The van der Waals surface area contributed by atoms with E-state index in [2.05, 4.69) is 0 Å². The molecule has 74 valence electrons. The van der Waals surface area contributed by atoms with Gasteiger partial charge in [-0.2, -0.15) is 0 Å². The molecule has 0 saturated heterocycles. The van der Waals surface area contributed by atoms with Crippen LogP contribution in [0.2, 0.25) is 5.54 Å². The van der Waals surface area contributed by atoms with Crippen molar-refractivity contribution in [2.24, 2.45) is 0 Å². The molecule has 0 aromatic rings. The predicted molar refractivity (Wildman–Crippen MR) is 71.7 cm³/mol. The Balaban J connectivity index is 3.83. The summed E-state index contributed by atoms with van der Waals surface area (Å²) in [7, 11) is 2.65. The molecule has 7 heteroatoms. The monoisotopic (exact) mass is 298 g/mol. The Labute approximate surface area is 103 Å². The van der Waals surface area contributed by atoms with E-state index in [1.54, 1.807) is 0 Å². The summed E-state index contributed by atoms with van der Waals surface area (Å²) in [6.07, 6.45) is 1.69. The molecule has 0 bridgehead atoms. The van der Waals surface area contributed by atoms with E-state index in [9.17, 15) is 0 Å². The molecule has 0 aromatic carbocycles. The summed E-state index contributed by atoms with van der Waals surface area (Å²) in [4.78, 5) is 0. The molecule has 0 atom stereocenters. The molecule has 0 spiro atoms. The fourth-order valence-electron chi connectivity index (χ4n) is 1.30. The van der Waals surface area contributed by atoms with Crippen molar-refractivity contribution in [2.75, 3.05) is 0 Å². The minimum atomic E-state index is -0.493. The fraction of sp³-hybridized carbons (Fsp3) is 1.00. The fourth-order valence-corrected chi connectivity index (χ4v) is 8.04. The van der Waals surface area contributed by atoms with Gasteiger partial charge >= 0.3 is 0 Å². The Hall–Kier alpha value is 1.81. The van der Waals surface area contributed by atoms with E-state index >= 15 is 0 Å². The van der Waals surface area contributed by atoms with Crippen LogP contribution in [-0.2, 0) is 0 Å². The largest absolute Gasteiger partial charge is 0.107 e. The molecule has 0 rings (SSSR count). The number of hydrogen-bond acceptors (Lipinski definition) is 0. The van der Waals surface area contributed by atoms with Crippen LogP contribution in [0.3, 0.4) is 0 Å². The van der Waals surface area contributed by atoms with Crippen molar-refractivity contribution >= 4 is 77.1 Å². The van der Waals surface area contributed by atoms with Crippen LogP contribution in [0.5, 0.6) is 0 Å². The van der Waals surface area contributed by atoms with Gasteiger partial charge in [0.2, 0.25) is 0 Å². The summed E-state index contributed by atoms with van der Waals surface area (Å²) in [5.74, 6) is 0. The zero-order valence-electron chi connectivity index (χ0n) is 7.50. The molecule has 0 N–H and O–H groups in total. The number of halogens is 4. The van der Waals surface area contributed by atoms with Crippen LogP contribution < -0.4 is 0 Å². The molecular formula is C5H14Cl4Si3. The summed E-state index contributed by atoms with van der Waals surface area (Å²) in [6, 6.07) is 0. The number of alkyl halides is 4. The Kier molecular flexibility index (Phi) is 5.81. The van der Waals surface area contributed by atoms with Crippen molar-refractivity contribution in [3.63, 3.8) is 0 Å². The van der Waals surface area contributed by atoms with E-state index in [0.29, 0.717) is 5.54 Å². The highest BCUT2D eigenvalue weighted by molar-refractivity contribution is 6.66. The van der Waals surface area contributed by atoms with E-state index in [1.807, 2.05) is 0 Å². The molecular weight excluding hydrogens is 286 g/mol. The highest BCUT2D eigenvalue weighted by Crippen LogP contribution is 2.34. The number of hydrogen-bond donors (Lipinski definition) is 0. The molecule has 0 aliphatic rings. The molecule has 0 nitrogen and oxygen atoms in total. The second-order valence-electron chi connectivity index (χ2n) is 3.65. The van der Waals surface area contributed by atoms with Gasteiger partial charge in [-0.25, -0.2) is 0 Å². The van der Waals surface area contributed by atoms with E-state index < -0.39 is 7.91 Å². The zero-order valence-corrected chi connectivity index (χ0v) is 16.5. The van der Waals surface area contributed by atoms with Gasteiger partial charge < -0.3 is 0 Å². The van der Waals surface area contributed by atoms with Crippen LogP contribution in [0.15, 0.2) is 0 Å². The molecule has 0 fully saturated rings. The van der Waals surface area contributed by atoms with Gasteiger partial charge in [0.05, 0.1) is 7.91 Å². The quantitative estimate of drug-likeness (QED) is 0.503. The lowest BCUT2D eigenvalue weighted by atomic mass is 10.2. The van der Waals surface area contributed by atoms with Crippen molar-refractivity contribution in [2.45, 2.75) is 26.3 Å². The predicted octanol–water partition coefficient (Wildman–Crippen LogP) is -0.0859. The van der Waals surface area contributed by atoms with E-state index in [0.717, 1.165) is 43.6 Å². The van der Waals surface area contributed by atoms with Gasteiger partial charge in [0.15, 0.2) is 0 Å². The Morgan fingerprint density at radius 3 is 1.33 bits per heavy atom. The topological polar surface area (TPSA) is 0 Å². The third-order valence-corrected chi connectivity index (χ3v) is 3.66. The maximum absolute atomic E-state index is 5.93. The summed E-state index contributed by atoms with van der Waals surface area (Å²) < 4.78 is -0.986. The van der Waals surface area contributed by atoms with E-state index in [-0.39, 0.29) is 0 Å². The molecule has 0 aromatic heterocycles. The maximum atomic E-state index is 5.93. The van der Waals surface area contributed by atoms with Crippen LogP contribution in [0.25, 0.3) is 0 Å². The second-order valence-corrected chi connectivity index (χ2v) is 15.0. The summed E-state index contributed by atoms with van der Waals surface area (Å²) >= 11 is 23.7. The lowest BCUT2D eigenvalue weighted by Crippen LogP contribution is -2.21. The molecule has 0 aliphatic carbocycles. The first-order chi connectivity index (χ1) is 5.10. The SMILES string of the molecule is [SiH3]C(CC([SiH3])(Cl)Cl)CC([SiH3])(Cl)Cl. The van der Waals surface area contributed by atoms with Gasteiger partial charge in [-0.15, -0.1) is 46.4 Å².